The van der Waals surface area contributed by atoms with Crippen molar-refractivity contribution in [1.29, 1.82) is 0 Å². The smallest absolute Gasteiger partial charge is 0.0413 e. The second kappa shape index (κ2) is 5.30. The summed E-state index contributed by atoms with van der Waals surface area (Å²) < 4.78 is 0. The highest BCUT2D eigenvalue weighted by molar-refractivity contribution is 7.10. The molecule has 2 unspecified atom stereocenters. The fourth-order valence-electron chi connectivity index (χ4n) is 2.43. The van der Waals surface area contributed by atoms with Crippen LogP contribution in [0.1, 0.15) is 36.2 Å². The Labute approximate surface area is 103 Å². The Balaban J connectivity index is 1.93. The molecule has 0 spiro atoms. The second-order valence-electron chi connectivity index (χ2n) is 4.88. The lowest BCUT2D eigenvalue weighted by Gasteiger charge is -2.27. The lowest BCUT2D eigenvalue weighted by molar-refractivity contribution is 0.240. The largest absolute Gasteiger partial charge is 0.313 e. The van der Waals surface area contributed by atoms with E-state index in [1.54, 1.807) is 0 Å². The third kappa shape index (κ3) is 2.65. The minimum absolute atomic E-state index is 0.544. The number of hydrogen-bond donors (Lipinski definition) is 1. The Morgan fingerprint density at radius 3 is 3.00 bits per heavy atom. The van der Waals surface area contributed by atoms with Gasteiger partial charge in [0.2, 0.25) is 0 Å². The fraction of sp³-hybridized carbons (Fsp3) is 0.692. The maximum absolute atomic E-state index is 3.56. The number of nitrogens with zero attached hydrogens (tertiary/aromatic N) is 1. The molecule has 0 radical (unpaired) electrons. The van der Waals surface area contributed by atoms with E-state index in [-0.39, 0.29) is 0 Å². The normalized spacial score (nSPS) is 22.9. The third-order valence-electron chi connectivity index (χ3n) is 3.61. The van der Waals surface area contributed by atoms with E-state index in [1.165, 1.54) is 36.4 Å². The molecule has 2 nitrogen and oxygen atoms in total. The van der Waals surface area contributed by atoms with Crippen molar-refractivity contribution in [2.45, 2.75) is 38.8 Å². The number of nitrogens with one attached hydrogen (secondary N) is 1. The minimum Gasteiger partial charge on any atom is -0.313 e. The average molecular weight is 238 g/mol. The molecule has 1 saturated heterocycles. The summed E-state index contributed by atoms with van der Waals surface area (Å²) >= 11 is 1.88. The molecule has 0 aromatic carbocycles. The molecule has 2 atom stereocenters. The summed E-state index contributed by atoms with van der Waals surface area (Å²) in [5.74, 6) is 0. The quantitative estimate of drug-likeness (QED) is 0.868. The van der Waals surface area contributed by atoms with Crippen LogP contribution < -0.4 is 5.32 Å². The van der Waals surface area contributed by atoms with Gasteiger partial charge in [-0.05, 0) is 57.3 Å². The highest BCUT2D eigenvalue weighted by Crippen LogP contribution is 2.27. The van der Waals surface area contributed by atoms with Crippen LogP contribution in [0.25, 0.3) is 0 Å². The van der Waals surface area contributed by atoms with Crippen LogP contribution in [-0.2, 0) is 0 Å². The van der Waals surface area contributed by atoms with E-state index >= 15 is 0 Å². The Morgan fingerprint density at radius 1 is 1.62 bits per heavy atom. The first-order valence-corrected chi connectivity index (χ1v) is 7.04. The zero-order valence-corrected chi connectivity index (χ0v) is 11.3. The van der Waals surface area contributed by atoms with Gasteiger partial charge in [0.15, 0.2) is 0 Å². The van der Waals surface area contributed by atoms with Crippen LogP contribution in [0.5, 0.6) is 0 Å². The van der Waals surface area contributed by atoms with Crippen LogP contribution in [0.2, 0.25) is 0 Å². The van der Waals surface area contributed by atoms with Crippen molar-refractivity contribution in [3.05, 3.63) is 21.9 Å². The van der Waals surface area contributed by atoms with Gasteiger partial charge in [-0.25, -0.2) is 0 Å². The number of aryl methyl sites for hydroxylation is 1. The molecular weight excluding hydrogens is 216 g/mol. The molecule has 16 heavy (non-hydrogen) atoms. The van der Waals surface area contributed by atoms with Crippen molar-refractivity contribution in [3.63, 3.8) is 0 Å². The van der Waals surface area contributed by atoms with E-state index in [2.05, 4.69) is 42.6 Å². The van der Waals surface area contributed by atoms with Crippen LogP contribution in [0.4, 0.5) is 0 Å². The molecule has 0 amide bonds. The molecule has 1 aromatic rings. The highest BCUT2D eigenvalue weighted by atomic mass is 32.1. The van der Waals surface area contributed by atoms with Gasteiger partial charge in [-0.15, -0.1) is 11.3 Å². The summed E-state index contributed by atoms with van der Waals surface area (Å²) in [6.45, 7) is 6.89. The van der Waals surface area contributed by atoms with E-state index in [1.807, 2.05) is 11.3 Å². The van der Waals surface area contributed by atoms with Gasteiger partial charge in [0, 0.05) is 23.5 Å². The summed E-state index contributed by atoms with van der Waals surface area (Å²) in [5, 5.41) is 5.76. The zero-order chi connectivity index (χ0) is 11.5. The summed E-state index contributed by atoms with van der Waals surface area (Å²) in [6.07, 6.45) is 2.67. The van der Waals surface area contributed by atoms with Gasteiger partial charge in [-0.1, -0.05) is 0 Å². The molecular formula is C13H22N2S. The van der Waals surface area contributed by atoms with E-state index < -0.39 is 0 Å². The molecule has 1 N–H and O–H groups in total. The molecule has 0 bridgehead atoms. The van der Waals surface area contributed by atoms with E-state index in [0.29, 0.717) is 12.1 Å². The predicted octanol–water partition coefficient (Wildman–Crippen LogP) is 2.80. The Kier molecular flexibility index (Phi) is 4.00. The molecule has 0 aliphatic carbocycles. The Morgan fingerprint density at radius 2 is 2.44 bits per heavy atom. The molecule has 0 saturated carbocycles. The Hall–Kier alpha value is -0.380. The SMILES string of the molecule is Cc1ccsc1C(C)N(C)CC1CCCN1. The van der Waals surface area contributed by atoms with Crippen molar-refractivity contribution in [2.75, 3.05) is 20.1 Å². The van der Waals surface area contributed by atoms with Gasteiger partial charge in [0.25, 0.3) is 0 Å². The third-order valence-corrected chi connectivity index (χ3v) is 4.80. The minimum atomic E-state index is 0.544. The fourth-order valence-corrected chi connectivity index (χ4v) is 3.48. The van der Waals surface area contributed by atoms with Gasteiger partial charge in [-0.2, -0.15) is 0 Å². The molecule has 1 aliphatic rings. The van der Waals surface area contributed by atoms with Crippen LogP contribution in [-0.4, -0.2) is 31.1 Å². The number of rotatable bonds is 4. The Bertz CT molecular complexity index is 328. The summed E-state index contributed by atoms with van der Waals surface area (Å²) in [6, 6.07) is 3.47. The van der Waals surface area contributed by atoms with Gasteiger partial charge < -0.3 is 5.32 Å². The van der Waals surface area contributed by atoms with E-state index in [4.69, 9.17) is 0 Å². The second-order valence-corrected chi connectivity index (χ2v) is 5.82. The van der Waals surface area contributed by atoms with Crippen molar-refractivity contribution in [2.24, 2.45) is 0 Å². The first kappa shape index (κ1) is 12.1. The monoisotopic (exact) mass is 238 g/mol. The number of likely N-dealkylation sites (N-methyl/N-ethyl adjacent to an activating group) is 1. The first-order valence-electron chi connectivity index (χ1n) is 6.16. The van der Waals surface area contributed by atoms with Gasteiger partial charge in [-0.3, -0.25) is 4.90 Å². The average Bonchev–Trinajstić information content (AvgIpc) is 2.88. The first-order chi connectivity index (χ1) is 7.68. The van der Waals surface area contributed by atoms with Crippen molar-refractivity contribution in [1.82, 2.24) is 10.2 Å². The molecule has 1 fully saturated rings. The molecule has 3 heteroatoms. The molecule has 1 aromatic heterocycles. The van der Waals surface area contributed by atoms with E-state index in [9.17, 15) is 0 Å². The topological polar surface area (TPSA) is 15.3 Å². The van der Waals surface area contributed by atoms with Gasteiger partial charge in [0.05, 0.1) is 0 Å². The summed E-state index contributed by atoms with van der Waals surface area (Å²) in [7, 11) is 2.24. The lowest BCUT2D eigenvalue weighted by Crippen LogP contribution is -2.36. The molecule has 1 aliphatic heterocycles. The molecule has 2 rings (SSSR count). The maximum atomic E-state index is 3.56. The van der Waals surface area contributed by atoms with Crippen molar-refractivity contribution in [3.8, 4) is 0 Å². The van der Waals surface area contributed by atoms with Crippen molar-refractivity contribution < 1.29 is 0 Å². The summed E-state index contributed by atoms with van der Waals surface area (Å²) in [5.41, 5.74) is 1.43. The lowest BCUT2D eigenvalue weighted by atomic mass is 10.1. The van der Waals surface area contributed by atoms with Crippen molar-refractivity contribution >= 4 is 11.3 Å². The van der Waals surface area contributed by atoms with Crippen LogP contribution in [0.15, 0.2) is 11.4 Å². The van der Waals surface area contributed by atoms with Gasteiger partial charge in [0.1, 0.15) is 0 Å². The van der Waals surface area contributed by atoms with Crippen LogP contribution in [0, 0.1) is 6.92 Å². The van der Waals surface area contributed by atoms with Crippen LogP contribution >= 0.6 is 11.3 Å². The molecule has 90 valence electrons. The van der Waals surface area contributed by atoms with Crippen LogP contribution in [0.3, 0.4) is 0 Å². The molecule has 2 heterocycles. The summed E-state index contributed by atoms with van der Waals surface area (Å²) in [4.78, 5) is 3.99. The maximum Gasteiger partial charge on any atom is 0.0413 e. The predicted molar refractivity (Wildman–Crippen MR) is 71.1 cm³/mol. The number of thiophene rings is 1. The highest BCUT2D eigenvalue weighted by Gasteiger charge is 2.20. The standard InChI is InChI=1S/C13H22N2S/c1-10-6-8-16-13(10)11(2)15(3)9-12-5-4-7-14-12/h6,8,11-12,14H,4-5,7,9H2,1-3H3. The number of hydrogen-bond acceptors (Lipinski definition) is 3. The van der Waals surface area contributed by atoms with E-state index in [0.717, 1.165) is 0 Å². The zero-order valence-electron chi connectivity index (χ0n) is 10.5. The van der Waals surface area contributed by atoms with Gasteiger partial charge >= 0.3 is 0 Å².